The van der Waals surface area contributed by atoms with Gasteiger partial charge in [-0.15, -0.1) is 0 Å². The number of benzene rings is 3. The van der Waals surface area contributed by atoms with Gasteiger partial charge in [0.1, 0.15) is 34.3 Å². The Balaban J connectivity index is 1.69. The molecular formula is C22H20O5. The maximum absolute atomic E-state index is 12.4. The summed E-state index contributed by atoms with van der Waals surface area (Å²) in [6.07, 6.45) is 0.571. The monoisotopic (exact) mass is 364 g/mol. The lowest BCUT2D eigenvalue weighted by atomic mass is 9.98. The highest BCUT2D eigenvalue weighted by atomic mass is 16.5. The third-order valence-corrected chi connectivity index (χ3v) is 4.27. The van der Waals surface area contributed by atoms with Crippen molar-refractivity contribution in [2.75, 3.05) is 0 Å². The van der Waals surface area contributed by atoms with Crippen LogP contribution in [0, 0.1) is 6.92 Å². The van der Waals surface area contributed by atoms with Gasteiger partial charge < -0.3 is 20.1 Å². The Hall–Kier alpha value is -3.47. The zero-order chi connectivity index (χ0) is 19.4. The van der Waals surface area contributed by atoms with Gasteiger partial charge in [0.25, 0.3) is 0 Å². The van der Waals surface area contributed by atoms with Crippen molar-refractivity contribution in [2.24, 2.45) is 0 Å². The lowest BCUT2D eigenvalue weighted by molar-refractivity contribution is 0.0977. The standard InChI is InChI=1S/C22H20O5/c1-14-11-18(27-17-5-3-2-4-6-17)9-7-15(14)8-10-19(24)22-20(25)12-16(23)13-21(22)26/h2-7,9,11-13,23,25-26H,8,10H2,1H3. The fraction of sp³-hybridized carbons (Fsp3) is 0.136. The molecule has 0 aromatic heterocycles. The number of carbonyl (C=O) groups excluding carboxylic acids is 1. The number of Topliss-reactive ketones (excluding diaryl/α,β-unsaturated/α-hetero) is 1. The zero-order valence-electron chi connectivity index (χ0n) is 14.8. The van der Waals surface area contributed by atoms with E-state index in [2.05, 4.69) is 0 Å². The van der Waals surface area contributed by atoms with E-state index in [4.69, 9.17) is 4.74 Å². The number of ether oxygens (including phenoxy) is 1. The fourth-order valence-electron chi connectivity index (χ4n) is 2.89. The first-order valence-electron chi connectivity index (χ1n) is 8.54. The molecule has 0 aliphatic rings. The van der Waals surface area contributed by atoms with Crippen LogP contribution in [-0.4, -0.2) is 21.1 Å². The van der Waals surface area contributed by atoms with Crippen molar-refractivity contribution in [3.63, 3.8) is 0 Å². The van der Waals surface area contributed by atoms with Crippen LogP contribution in [0.25, 0.3) is 0 Å². The van der Waals surface area contributed by atoms with Crippen molar-refractivity contribution in [1.29, 1.82) is 0 Å². The second-order valence-electron chi connectivity index (χ2n) is 6.29. The van der Waals surface area contributed by atoms with Gasteiger partial charge >= 0.3 is 0 Å². The third-order valence-electron chi connectivity index (χ3n) is 4.27. The molecule has 3 aromatic carbocycles. The quantitative estimate of drug-likeness (QED) is 0.551. The summed E-state index contributed by atoms with van der Waals surface area (Å²) in [7, 11) is 0. The number of carbonyl (C=O) groups is 1. The predicted octanol–water partition coefficient (Wildman–Crippen LogP) is 4.72. The first kappa shape index (κ1) is 18.3. The Morgan fingerprint density at radius 3 is 2.19 bits per heavy atom. The molecule has 0 heterocycles. The molecule has 0 atom stereocenters. The van der Waals surface area contributed by atoms with Crippen molar-refractivity contribution in [2.45, 2.75) is 19.8 Å². The molecule has 5 nitrogen and oxygen atoms in total. The van der Waals surface area contributed by atoms with E-state index >= 15 is 0 Å². The predicted molar refractivity (Wildman–Crippen MR) is 102 cm³/mol. The molecule has 3 N–H and O–H groups in total. The molecule has 3 rings (SSSR count). The van der Waals surface area contributed by atoms with Gasteiger partial charge in [0.2, 0.25) is 0 Å². The molecule has 0 spiro atoms. The zero-order valence-corrected chi connectivity index (χ0v) is 14.8. The summed E-state index contributed by atoms with van der Waals surface area (Å²) in [6.45, 7) is 1.94. The topological polar surface area (TPSA) is 87.0 Å². The van der Waals surface area contributed by atoms with E-state index in [1.165, 1.54) is 0 Å². The summed E-state index contributed by atoms with van der Waals surface area (Å²) in [5, 5.41) is 29.0. The largest absolute Gasteiger partial charge is 0.508 e. The van der Waals surface area contributed by atoms with E-state index < -0.39 is 17.3 Å². The summed E-state index contributed by atoms with van der Waals surface area (Å²) in [4.78, 5) is 12.4. The molecule has 0 amide bonds. The average molecular weight is 364 g/mol. The van der Waals surface area contributed by atoms with Crippen LogP contribution in [0.3, 0.4) is 0 Å². The Kier molecular flexibility index (Phi) is 5.31. The molecule has 0 fully saturated rings. The van der Waals surface area contributed by atoms with E-state index in [9.17, 15) is 20.1 Å². The maximum atomic E-state index is 12.4. The summed E-state index contributed by atoms with van der Waals surface area (Å²) < 4.78 is 5.80. The number of phenols is 3. The normalized spacial score (nSPS) is 10.6. The second kappa shape index (κ2) is 7.83. The van der Waals surface area contributed by atoms with Crippen molar-refractivity contribution in [3.8, 4) is 28.7 Å². The number of hydrogen-bond donors (Lipinski definition) is 3. The lowest BCUT2D eigenvalue weighted by Gasteiger charge is -2.11. The number of hydrogen-bond acceptors (Lipinski definition) is 5. The molecular weight excluding hydrogens is 344 g/mol. The van der Waals surface area contributed by atoms with Gasteiger partial charge in [-0.25, -0.2) is 0 Å². The third kappa shape index (κ3) is 4.39. The minimum absolute atomic E-state index is 0.117. The lowest BCUT2D eigenvalue weighted by Crippen LogP contribution is -2.03. The molecule has 0 aliphatic carbocycles. The SMILES string of the molecule is Cc1cc(Oc2ccccc2)ccc1CCC(=O)c1c(O)cc(O)cc1O. The van der Waals surface area contributed by atoms with Crippen LogP contribution in [0.1, 0.15) is 27.9 Å². The fourth-order valence-corrected chi connectivity index (χ4v) is 2.89. The van der Waals surface area contributed by atoms with E-state index in [1.54, 1.807) is 0 Å². The minimum atomic E-state index is -0.430. The van der Waals surface area contributed by atoms with Crippen molar-refractivity contribution in [3.05, 3.63) is 77.4 Å². The van der Waals surface area contributed by atoms with Gasteiger partial charge in [-0.1, -0.05) is 24.3 Å². The highest BCUT2D eigenvalue weighted by Gasteiger charge is 2.18. The molecule has 0 unspecified atom stereocenters. The van der Waals surface area contributed by atoms with Gasteiger partial charge in [0.05, 0.1) is 0 Å². The van der Waals surface area contributed by atoms with Crippen LogP contribution in [0.5, 0.6) is 28.7 Å². The van der Waals surface area contributed by atoms with Crippen LogP contribution < -0.4 is 4.74 Å². The van der Waals surface area contributed by atoms with Crippen LogP contribution in [0.4, 0.5) is 0 Å². The van der Waals surface area contributed by atoms with E-state index in [0.717, 1.165) is 29.0 Å². The minimum Gasteiger partial charge on any atom is -0.508 e. The molecule has 27 heavy (non-hydrogen) atoms. The van der Waals surface area contributed by atoms with Crippen molar-refractivity contribution >= 4 is 5.78 Å². The number of aryl methyl sites for hydroxylation is 2. The highest BCUT2D eigenvalue weighted by molar-refractivity contribution is 6.01. The first-order valence-corrected chi connectivity index (χ1v) is 8.54. The molecule has 0 saturated heterocycles. The molecule has 0 saturated carbocycles. The Morgan fingerprint density at radius 2 is 1.56 bits per heavy atom. The molecule has 0 radical (unpaired) electrons. The van der Waals surface area contributed by atoms with Gasteiger partial charge in [0, 0.05) is 18.6 Å². The van der Waals surface area contributed by atoms with E-state index in [1.807, 2.05) is 55.5 Å². The Morgan fingerprint density at radius 1 is 0.889 bits per heavy atom. The molecule has 0 aliphatic heterocycles. The van der Waals surface area contributed by atoms with Crippen LogP contribution in [-0.2, 0) is 6.42 Å². The van der Waals surface area contributed by atoms with Crippen LogP contribution >= 0.6 is 0 Å². The Labute approximate surface area is 157 Å². The Bertz CT molecular complexity index is 941. The maximum Gasteiger partial charge on any atom is 0.170 e. The molecule has 3 aromatic rings. The van der Waals surface area contributed by atoms with E-state index in [-0.39, 0.29) is 17.7 Å². The van der Waals surface area contributed by atoms with Gasteiger partial charge in [-0.2, -0.15) is 0 Å². The average Bonchev–Trinajstić information content (AvgIpc) is 2.61. The summed E-state index contributed by atoms with van der Waals surface area (Å²) in [5.74, 6) is -0.0946. The van der Waals surface area contributed by atoms with Gasteiger partial charge in [0.15, 0.2) is 5.78 Å². The van der Waals surface area contributed by atoms with Crippen LogP contribution in [0.2, 0.25) is 0 Å². The molecule has 0 bridgehead atoms. The highest BCUT2D eigenvalue weighted by Crippen LogP contribution is 2.33. The number of phenolic OH excluding ortho intramolecular Hbond substituents is 3. The van der Waals surface area contributed by atoms with Crippen molar-refractivity contribution in [1.82, 2.24) is 0 Å². The molecule has 5 heteroatoms. The summed E-state index contributed by atoms with van der Waals surface area (Å²) in [5.41, 5.74) is 1.78. The number of aromatic hydroxyl groups is 3. The van der Waals surface area contributed by atoms with Crippen molar-refractivity contribution < 1.29 is 24.9 Å². The number of rotatable bonds is 6. The van der Waals surface area contributed by atoms with Gasteiger partial charge in [-0.3, -0.25) is 4.79 Å². The summed E-state index contributed by atoms with van der Waals surface area (Å²) >= 11 is 0. The first-order chi connectivity index (χ1) is 12.9. The number of ketones is 1. The summed E-state index contributed by atoms with van der Waals surface area (Å²) in [6, 6.07) is 17.2. The second-order valence-corrected chi connectivity index (χ2v) is 6.29. The van der Waals surface area contributed by atoms with Crippen LogP contribution in [0.15, 0.2) is 60.7 Å². The smallest absolute Gasteiger partial charge is 0.170 e. The van der Waals surface area contributed by atoms with Gasteiger partial charge in [-0.05, 0) is 48.7 Å². The molecule has 138 valence electrons. The van der Waals surface area contributed by atoms with E-state index in [0.29, 0.717) is 12.2 Å². The number of para-hydroxylation sites is 1.